The van der Waals surface area contributed by atoms with Crippen molar-refractivity contribution < 1.29 is 36.9 Å². The number of imidazole rings is 1. The van der Waals surface area contributed by atoms with Crippen LogP contribution in [0.15, 0.2) is 54.7 Å². The van der Waals surface area contributed by atoms with Gasteiger partial charge in [0, 0.05) is 30.7 Å². The zero-order valence-corrected chi connectivity index (χ0v) is 21.7. The number of halogens is 4. The van der Waals surface area contributed by atoms with E-state index in [9.17, 15) is 18.7 Å². The van der Waals surface area contributed by atoms with Gasteiger partial charge >= 0.3 is 5.97 Å². The van der Waals surface area contributed by atoms with E-state index < -0.39 is 29.2 Å². The smallest absolute Gasteiger partial charge is 0.354 e. The van der Waals surface area contributed by atoms with Gasteiger partial charge in [-0.05, 0) is 42.3 Å². The van der Waals surface area contributed by atoms with Gasteiger partial charge in [0.2, 0.25) is 5.88 Å². The predicted molar refractivity (Wildman–Crippen MR) is 140 cm³/mol. The Bertz CT molecular complexity index is 1830. The van der Waals surface area contributed by atoms with Crippen molar-refractivity contribution in [2.75, 3.05) is 6.61 Å². The summed E-state index contributed by atoms with van der Waals surface area (Å²) in [4.78, 5) is 28.0. The molecule has 0 aliphatic carbocycles. The Morgan fingerprint density at radius 2 is 1.86 bits per heavy atom. The minimum Gasteiger partial charge on any atom is -0.477 e. The summed E-state index contributed by atoms with van der Waals surface area (Å²) in [5.41, 5.74) is 0.391. The summed E-state index contributed by atoms with van der Waals surface area (Å²) in [7, 11) is 0. The van der Waals surface area contributed by atoms with Crippen molar-refractivity contribution in [3.8, 4) is 17.1 Å². The number of rotatable bonds is 9. The minimum atomic E-state index is -1.20. The first-order valence-corrected chi connectivity index (χ1v) is 12.8. The van der Waals surface area contributed by atoms with Crippen LogP contribution in [0.2, 0.25) is 0 Å². The molecular weight excluding hydrogens is 558 g/mol. The summed E-state index contributed by atoms with van der Waals surface area (Å²) in [6.07, 6.45) is 1.42. The lowest BCUT2D eigenvalue weighted by atomic mass is 10.0. The van der Waals surface area contributed by atoms with Crippen LogP contribution < -0.4 is 4.74 Å². The SMILES string of the molecule is O=C(O)c1ccc2nc(Cc3cc(F)c(-c4cccc(OCc5ncc(F)cc5F)n4)cc3F)n(CC3CCO3)c2n1. The van der Waals surface area contributed by atoms with E-state index >= 15 is 8.78 Å². The van der Waals surface area contributed by atoms with Crippen LogP contribution in [0.4, 0.5) is 17.6 Å². The summed E-state index contributed by atoms with van der Waals surface area (Å²) < 4.78 is 70.3. The van der Waals surface area contributed by atoms with Crippen LogP contribution >= 0.6 is 0 Å². The molecule has 4 aromatic heterocycles. The molecule has 5 heterocycles. The summed E-state index contributed by atoms with van der Waals surface area (Å²) >= 11 is 0. The fraction of sp³-hybridized carbons (Fsp3) is 0.207. The van der Waals surface area contributed by atoms with Gasteiger partial charge < -0.3 is 19.1 Å². The van der Waals surface area contributed by atoms with Crippen molar-refractivity contribution in [2.24, 2.45) is 0 Å². The van der Waals surface area contributed by atoms with Gasteiger partial charge in [-0.2, -0.15) is 0 Å². The molecule has 214 valence electrons. The fourth-order valence-electron chi connectivity index (χ4n) is 4.55. The molecule has 1 atom stereocenters. The predicted octanol–water partition coefficient (Wildman–Crippen LogP) is 5.10. The second-order valence-corrected chi connectivity index (χ2v) is 9.60. The number of fused-ring (bicyclic) bond motifs is 1. The number of pyridine rings is 3. The molecule has 1 N–H and O–H groups in total. The summed E-state index contributed by atoms with van der Waals surface area (Å²) in [6.45, 7) is 0.578. The Hall–Kier alpha value is -4.91. The molecule has 1 aromatic carbocycles. The number of carbonyl (C=O) groups is 1. The first kappa shape index (κ1) is 27.3. The molecule has 0 saturated carbocycles. The van der Waals surface area contributed by atoms with Gasteiger partial charge in [-0.25, -0.2) is 37.3 Å². The number of aromatic nitrogens is 5. The average molecular weight is 580 g/mol. The van der Waals surface area contributed by atoms with Gasteiger partial charge in [0.25, 0.3) is 0 Å². The van der Waals surface area contributed by atoms with Gasteiger partial charge in [-0.15, -0.1) is 0 Å². The van der Waals surface area contributed by atoms with Crippen molar-refractivity contribution in [1.82, 2.24) is 24.5 Å². The van der Waals surface area contributed by atoms with Crippen molar-refractivity contribution in [3.63, 3.8) is 0 Å². The highest BCUT2D eigenvalue weighted by atomic mass is 19.1. The van der Waals surface area contributed by atoms with Gasteiger partial charge in [0.1, 0.15) is 41.1 Å². The molecule has 1 saturated heterocycles. The van der Waals surface area contributed by atoms with Crippen LogP contribution in [0.25, 0.3) is 22.4 Å². The quantitative estimate of drug-likeness (QED) is 0.240. The third-order valence-electron chi connectivity index (χ3n) is 6.79. The van der Waals surface area contributed by atoms with Crippen molar-refractivity contribution >= 4 is 17.1 Å². The van der Waals surface area contributed by atoms with Crippen LogP contribution in [0.1, 0.15) is 34.0 Å². The molecule has 42 heavy (non-hydrogen) atoms. The topological polar surface area (TPSA) is 112 Å². The summed E-state index contributed by atoms with van der Waals surface area (Å²) in [6, 6.07) is 10.0. The number of nitrogens with zero attached hydrogens (tertiary/aromatic N) is 5. The number of carboxylic acid groups (broad SMARTS) is 1. The van der Waals surface area contributed by atoms with E-state index in [2.05, 4.69) is 19.9 Å². The first-order valence-electron chi connectivity index (χ1n) is 12.8. The maximum absolute atomic E-state index is 15.4. The average Bonchev–Trinajstić information content (AvgIpc) is 3.28. The zero-order chi connectivity index (χ0) is 29.4. The van der Waals surface area contributed by atoms with Crippen molar-refractivity contribution in [3.05, 3.63) is 101 Å². The Morgan fingerprint density at radius 1 is 1.02 bits per heavy atom. The molecule has 1 aliphatic heterocycles. The van der Waals surface area contributed by atoms with Crippen LogP contribution in [0, 0.1) is 23.3 Å². The molecule has 5 aromatic rings. The van der Waals surface area contributed by atoms with E-state index in [0.29, 0.717) is 36.2 Å². The normalized spacial score (nSPS) is 14.6. The number of carboxylic acids is 1. The summed E-state index contributed by atoms with van der Waals surface area (Å²) in [5, 5.41) is 9.37. The van der Waals surface area contributed by atoms with Crippen LogP contribution in [-0.4, -0.2) is 48.3 Å². The second-order valence-electron chi connectivity index (χ2n) is 9.60. The van der Waals surface area contributed by atoms with Crippen LogP contribution in [0.5, 0.6) is 5.88 Å². The molecule has 6 rings (SSSR count). The van der Waals surface area contributed by atoms with Gasteiger partial charge in [-0.3, -0.25) is 4.98 Å². The molecule has 0 radical (unpaired) electrons. The molecule has 0 spiro atoms. The fourth-order valence-corrected chi connectivity index (χ4v) is 4.55. The lowest BCUT2D eigenvalue weighted by molar-refractivity contribution is -0.0590. The molecule has 1 aliphatic rings. The molecule has 0 amide bonds. The first-order chi connectivity index (χ1) is 20.2. The Balaban J connectivity index is 1.27. The number of benzene rings is 1. The zero-order valence-electron chi connectivity index (χ0n) is 21.7. The molecule has 1 unspecified atom stereocenters. The molecule has 9 nitrogen and oxygen atoms in total. The highest BCUT2D eigenvalue weighted by Crippen LogP contribution is 2.28. The van der Waals surface area contributed by atoms with Crippen LogP contribution in [-0.2, 0) is 24.3 Å². The van der Waals surface area contributed by atoms with Crippen molar-refractivity contribution in [1.29, 1.82) is 0 Å². The number of aromatic carboxylic acids is 1. The number of ether oxygens (including phenoxy) is 2. The highest BCUT2D eigenvalue weighted by molar-refractivity contribution is 5.88. The standard InChI is InChI=1S/C29H21F4N5O4/c30-16-10-21(33)25(34-12-16)14-42-27-3-1-2-22(36-27)18-11-19(31)15(8-20(18)32)9-26-35-23-4-5-24(29(39)40)37-28(23)38(26)13-17-6-7-41-17/h1-5,8,10-12,17H,6-7,9,13-14H2,(H,39,40). The van der Waals surface area contributed by atoms with Gasteiger partial charge in [-0.1, -0.05) is 6.07 Å². The molecule has 0 bridgehead atoms. The molecule has 1 fully saturated rings. The second kappa shape index (κ2) is 11.2. The maximum atomic E-state index is 15.4. The minimum absolute atomic E-state index is 0.00192. The monoisotopic (exact) mass is 579 g/mol. The Labute approximate surface area is 235 Å². The lowest BCUT2D eigenvalue weighted by Crippen LogP contribution is -2.32. The molecular formula is C29H21F4N5O4. The van der Waals surface area contributed by atoms with E-state index in [1.54, 1.807) is 4.57 Å². The Kier molecular flexibility index (Phi) is 7.25. The highest BCUT2D eigenvalue weighted by Gasteiger charge is 2.24. The Morgan fingerprint density at radius 3 is 2.60 bits per heavy atom. The maximum Gasteiger partial charge on any atom is 0.354 e. The third kappa shape index (κ3) is 5.50. The van der Waals surface area contributed by atoms with E-state index in [1.165, 1.54) is 30.3 Å². The number of hydrogen-bond acceptors (Lipinski definition) is 7. The van der Waals surface area contributed by atoms with Crippen molar-refractivity contribution in [2.45, 2.75) is 32.1 Å². The molecule has 13 heteroatoms. The van der Waals surface area contributed by atoms with Gasteiger partial charge in [0.05, 0.1) is 24.5 Å². The van der Waals surface area contributed by atoms with E-state index in [0.717, 1.165) is 24.8 Å². The largest absolute Gasteiger partial charge is 0.477 e. The summed E-state index contributed by atoms with van der Waals surface area (Å²) in [5.74, 6) is -4.00. The number of hydrogen-bond donors (Lipinski definition) is 1. The third-order valence-corrected chi connectivity index (χ3v) is 6.79. The van der Waals surface area contributed by atoms with Gasteiger partial charge in [0.15, 0.2) is 17.2 Å². The van der Waals surface area contributed by atoms with E-state index in [1.807, 2.05) is 0 Å². The lowest BCUT2D eigenvalue weighted by Gasteiger charge is -2.27. The van der Waals surface area contributed by atoms with E-state index in [4.69, 9.17) is 9.47 Å². The van der Waals surface area contributed by atoms with Crippen LogP contribution in [0.3, 0.4) is 0 Å². The van der Waals surface area contributed by atoms with E-state index in [-0.39, 0.29) is 53.2 Å².